The zero-order valence-corrected chi connectivity index (χ0v) is 18.0. The van der Waals surface area contributed by atoms with Gasteiger partial charge in [-0.05, 0) is 49.3 Å². The Labute approximate surface area is 189 Å². The van der Waals surface area contributed by atoms with Gasteiger partial charge in [0.25, 0.3) is 0 Å². The molecule has 1 aliphatic rings. The Bertz CT molecular complexity index is 899. The number of benzene rings is 2. The van der Waals surface area contributed by atoms with Crippen LogP contribution in [0.15, 0.2) is 59.6 Å². The summed E-state index contributed by atoms with van der Waals surface area (Å²) in [4.78, 5) is 29.2. The third-order valence-electron chi connectivity index (χ3n) is 5.24. The minimum atomic E-state index is -0.525. The monoisotopic (exact) mass is 445 g/mol. The van der Waals surface area contributed by atoms with Gasteiger partial charge in [0.2, 0.25) is 0 Å². The molecule has 31 heavy (non-hydrogen) atoms. The normalized spacial score (nSPS) is 17.7. The highest BCUT2D eigenvalue weighted by molar-refractivity contribution is 5.93. The van der Waals surface area contributed by atoms with E-state index in [0.717, 1.165) is 18.4 Å². The molecule has 7 nitrogen and oxygen atoms in total. The summed E-state index contributed by atoms with van der Waals surface area (Å²) in [7, 11) is 0. The number of halogens is 1. The summed E-state index contributed by atoms with van der Waals surface area (Å²) in [5.74, 6) is -0.359. The summed E-state index contributed by atoms with van der Waals surface area (Å²) < 4.78 is 11.0. The van der Waals surface area contributed by atoms with Crippen molar-refractivity contribution in [2.75, 3.05) is 6.54 Å². The number of nitrogens with zero attached hydrogens (tertiary/aromatic N) is 1. The van der Waals surface area contributed by atoms with Crippen LogP contribution in [0.3, 0.4) is 0 Å². The van der Waals surface area contributed by atoms with Crippen LogP contribution in [-0.4, -0.2) is 24.4 Å². The lowest BCUT2D eigenvalue weighted by atomic mass is 9.82. The van der Waals surface area contributed by atoms with E-state index < -0.39 is 5.97 Å². The standard InChI is InChI=1S/C23H27N3O4.ClH/c24-23(25)26-14-16-10-12-18(13-11-16)21(27)30-20-9-5-4-8-19(20)22(28)29-15-17-6-2-1-3-7-17;/h1-9,16,18H,10-15H2,(H4,24,25,26);1H. The molecule has 4 N–H and O–H groups in total. The van der Waals surface area contributed by atoms with Crippen molar-refractivity contribution in [3.63, 3.8) is 0 Å². The van der Waals surface area contributed by atoms with Crippen molar-refractivity contribution < 1.29 is 32.9 Å². The number of carbonyl (C=O) groups excluding carboxylic acids is 2. The van der Waals surface area contributed by atoms with Crippen LogP contribution < -0.4 is 28.6 Å². The Morgan fingerprint density at radius 3 is 2.29 bits per heavy atom. The Morgan fingerprint density at radius 1 is 0.968 bits per heavy atom. The molecule has 0 aromatic heterocycles. The maximum absolute atomic E-state index is 12.7. The van der Waals surface area contributed by atoms with Crippen molar-refractivity contribution in [1.29, 1.82) is 0 Å². The zero-order chi connectivity index (χ0) is 21.3. The van der Waals surface area contributed by atoms with E-state index in [9.17, 15) is 9.59 Å². The van der Waals surface area contributed by atoms with Crippen molar-refractivity contribution in [1.82, 2.24) is 0 Å². The van der Waals surface area contributed by atoms with E-state index in [-0.39, 0.29) is 49.6 Å². The molecule has 0 spiro atoms. The van der Waals surface area contributed by atoms with Gasteiger partial charge in [-0.15, -0.1) is 0 Å². The zero-order valence-electron chi connectivity index (χ0n) is 18.2. The fraction of sp³-hybridized carbons (Fsp3) is 0.348. The first-order valence-electron chi connectivity index (χ1n) is 10.1. The highest BCUT2D eigenvalue weighted by Gasteiger charge is 2.28. The number of hydrogen-bond acceptors (Lipinski definition) is 5. The predicted octanol–water partition coefficient (Wildman–Crippen LogP) is 0.145. The average Bonchev–Trinajstić information content (AvgIpc) is 2.77. The number of para-hydroxylation sites is 1. The van der Waals surface area contributed by atoms with Gasteiger partial charge in [-0.25, -0.2) is 4.79 Å². The smallest absolute Gasteiger partial charge is 1.00 e. The van der Waals surface area contributed by atoms with Crippen molar-refractivity contribution in [3.8, 4) is 5.75 Å². The summed E-state index contributed by atoms with van der Waals surface area (Å²) in [5.41, 5.74) is 11.9. The van der Waals surface area contributed by atoms with Crippen molar-refractivity contribution in [2.24, 2.45) is 28.3 Å². The Kier molecular flexibility index (Phi) is 9.34. The number of aliphatic imine (C=N–C) groups is 1. The fourth-order valence-corrected chi connectivity index (χ4v) is 3.53. The van der Waals surface area contributed by atoms with E-state index in [2.05, 4.69) is 4.99 Å². The van der Waals surface area contributed by atoms with Crippen LogP contribution in [0.2, 0.25) is 0 Å². The Morgan fingerprint density at radius 2 is 1.61 bits per heavy atom. The molecule has 2 aromatic carbocycles. The average molecular weight is 446 g/mol. The molecule has 0 saturated heterocycles. The number of ether oxygens (including phenoxy) is 2. The molecule has 1 fully saturated rings. The first-order chi connectivity index (χ1) is 14.5. The van der Waals surface area contributed by atoms with Crippen LogP contribution in [0.4, 0.5) is 0 Å². The van der Waals surface area contributed by atoms with E-state index >= 15 is 0 Å². The lowest BCUT2D eigenvalue weighted by molar-refractivity contribution is -0.140. The first kappa shape index (κ1) is 24.2. The maximum atomic E-state index is 12.7. The molecule has 3 rings (SSSR count). The van der Waals surface area contributed by atoms with Gasteiger partial charge in [-0.2, -0.15) is 0 Å². The second-order valence-corrected chi connectivity index (χ2v) is 7.46. The van der Waals surface area contributed by atoms with Gasteiger partial charge in [0.15, 0.2) is 5.96 Å². The van der Waals surface area contributed by atoms with Crippen molar-refractivity contribution in [3.05, 3.63) is 65.7 Å². The largest absolute Gasteiger partial charge is 1.00 e. The second-order valence-electron chi connectivity index (χ2n) is 7.46. The van der Waals surface area contributed by atoms with Gasteiger partial charge in [0.1, 0.15) is 17.9 Å². The van der Waals surface area contributed by atoms with Gasteiger partial charge < -0.3 is 33.3 Å². The quantitative estimate of drug-likeness (QED) is 0.271. The molecule has 0 unspecified atom stereocenters. The Hall–Kier alpha value is -3.06. The molecule has 0 radical (unpaired) electrons. The fourth-order valence-electron chi connectivity index (χ4n) is 3.53. The van der Waals surface area contributed by atoms with Gasteiger partial charge in [0.05, 0.1) is 5.92 Å². The molecule has 0 bridgehead atoms. The van der Waals surface area contributed by atoms with E-state index in [4.69, 9.17) is 20.9 Å². The van der Waals surface area contributed by atoms with Crippen LogP contribution in [0.5, 0.6) is 5.75 Å². The maximum Gasteiger partial charge on any atom is 1.00 e. The predicted molar refractivity (Wildman–Crippen MR) is 115 cm³/mol. The van der Waals surface area contributed by atoms with Gasteiger partial charge in [-0.3, -0.25) is 9.79 Å². The summed E-state index contributed by atoms with van der Waals surface area (Å²) in [5, 5.41) is 0. The van der Waals surface area contributed by atoms with E-state index in [0.29, 0.717) is 25.3 Å². The van der Waals surface area contributed by atoms with Crippen LogP contribution >= 0.6 is 0 Å². The molecule has 1 saturated carbocycles. The summed E-state index contributed by atoms with van der Waals surface area (Å²) in [6.45, 7) is 0.738. The minimum absolute atomic E-state index is 0. The van der Waals surface area contributed by atoms with Crippen molar-refractivity contribution in [2.45, 2.75) is 32.3 Å². The molecule has 1 aliphatic carbocycles. The SMILES string of the molecule is NC(N)=NCC1CCC(C(=O)Oc2ccccc2C(=O)OCc2ccccc2)CC1.[Cl-].[H+]. The number of nitrogens with two attached hydrogens (primary N) is 2. The molecule has 2 aromatic rings. The molecule has 0 amide bonds. The number of guanidine groups is 1. The molecule has 0 atom stereocenters. The molecular formula is C23H28ClN3O4. The Balaban J connectivity index is 0.00000256. The van der Waals surface area contributed by atoms with Crippen LogP contribution in [0.25, 0.3) is 0 Å². The van der Waals surface area contributed by atoms with Crippen LogP contribution in [0.1, 0.15) is 43.0 Å². The number of esters is 2. The van der Waals surface area contributed by atoms with Gasteiger partial charge >= 0.3 is 13.4 Å². The van der Waals surface area contributed by atoms with Crippen LogP contribution in [0, 0.1) is 11.8 Å². The van der Waals surface area contributed by atoms with E-state index in [1.165, 1.54) is 0 Å². The summed E-state index contributed by atoms with van der Waals surface area (Å²) >= 11 is 0. The van der Waals surface area contributed by atoms with E-state index in [1.807, 2.05) is 30.3 Å². The highest BCUT2D eigenvalue weighted by Crippen LogP contribution is 2.31. The highest BCUT2D eigenvalue weighted by atomic mass is 35.5. The lowest BCUT2D eigenvalue weighted by Gasteiger charge is -2.26. The lowest BCUT2D eigenvalue weighted by Crippen LogP contribution is -3.00. The third-order valence-corrected chi connectivity index (χ3v) is 5.24. The summed E-state index contributed by atoms with van der Waals surface area (Å²) in [6, 6.07) is 16.1. The van der Waals surface area contributed by atoms with Crippen molar-refractivity contribution >= 4 is 17.9 Å². The molecule has 0 heterocycles. The summed E-state index contributed by atoms with van der Waals surface area (Å²) in [6.07, 6.45) is 3.14. The molecule has 0 aliphatic heterocycles. The topological polar surface area (TPSA) is 117 Å². The second kappa shape index (κ2) is 12.0. The number of hydrogen-bond donors (Lipinski definition) is 2. The van der Waals surface area contributed by atoms with E-state index in [1.54, 1.807) is 24.3 Å². The number of carbonyl (C=O) groups is 2. The minimum Gasteiger partial charge on any atom is -1.00 e. The molecule has 166 valence electrons. The number of rotatable bonds is 7. The van der Waals surface area contributed by atoms with Crippen LogP contribution in [-0.2, 0) is 16.1 Å². The molecular weight excluding hydrogens is 418 g/mol. The van der Waals surface area contributed by atoms with Gasteiger partial charge in [-0.1, -0.05) is 42.5 Å². The molecule has 8 heteroatoms. The third kappa shape index (κ3) is 7.29. The van der Waals surface area contributed by atoms with Gasteiger partial charge in [0, 0.05) is 6.54 Å². The first-order valence-corrected chi connectivity index (χ1v) is 10.1.